The van der Waals surface area contributed by atoms with Gasteiger partial charge in [0, 0.05) is 18.2 Å². The zero-order chi connectivity index (χ0) is 14.7. The lowest BCUT2D eigenvalue weighted by Crippen LogP contribution is -2.21. The third-order valence-electron chi connectivity index (χ3n) is 5.05. The molecule has 1 unspecified atom stereocenters. The number of benzene rings is 1. The second-order valence-corrected chi connectivity index (χ2v) is 6.60. The van der Waals surface area contributed by atoms with E-state index in [0.717, 1.165) is 18.5 Å². The van der Waals surface area contributed by atoms with Crippen molar-refractivity contribution in [2.45, 2.75) is 63.8 Å². The van der Waals surface area contributed by atoms with Crippen molar-refractivity contribution in [1.29, 1.82) is 0 Å². The van der Waals surface area contributed by atoms with E-state index in [1.54, 1.807) is 0 Å². The maximum atomic E-state index is 11.6. The fraction of sp³-hybridized carbons (Fsp3) is 0.611. The van der Waals surface area contributed by atoms with Crippen LogP contribution < -0.4 is 11.1 Å². The number of carbonyl (C=O) groups is 1. The number of nitrogens with one attached hydrogen (secondary N) is 1. The van der Waals surface area contributed by atoms with Gasteiger partial charge in [-0.3, -0.25) is 4.79 Å². The SMILES string of the molecule is NC(c1ccc2c(c1)CCCC(=O)N2)C1CCCCCC1. The Morgan fingerprint density at radius 2 is 1.81 bits per heavy atom. The molecule has 3 N–H and O–H groups in total. The maximum absolute atomic E-state index is 11.6. The Morgan fingerprint density at radius 3 is 2.57 bits per heavy atom. The van der Waals surface area contributed by atoms with Crippen LogP contribution >= 0.6 is 0 Å². The van der Waals surface area contributed by atoms with Crippen LogP contribution in [0.3, 0.4) is 0 Å². The minimum atomic E-state index is 0.134. The average Bonchev–Trinajstić information content (AvgIpc) is 2.85. The molecule has 114 valence electrons. The van der Waals surface area contributed by atoms with Crippen molar-refractivity contribution in [3.05, 3.63) is 29.3 Å². The van der Waals surface area contributed by atoms with E-state index in [1.165, 1.54) is 49.7 Å². The first-order valence-electron chi connectivity index (χ1n) is 8.42. The Balaban J connectivity index is 1.79. The van der Waals surface area contributed by atoms with E-state index >= 15 is 0 Å². The molecule has 0 bridgehead atoms. The van der Waals surface area contributed by atoms with Crippen LogP contribution in [-0.4, -0.2) is 5.91 Å². The van der Waals surface area contributed by atoms with Crippen LogP contribution in [0.2, 0.25) is 0 Å². The van der Waals surface area contributed by atoms with Gasteiger partial charge in [-0.15, -0.1) is 0 Å². The van der Waals surface area contributed by atoms with Crippen molar-refractivity contribution >= 4 is 11.6 Å². The number of aryl methyl sites for hydroxylation is 1. The van der Waals surface area contributed by atoms with Crippen LogP contribution in [0.5, 0.6) is 0 Å². The van der Waals surface area contributed by atoms with Crippen molar-refractivity contribution in [3.63, 3.8) is 0 Å². The van der Waals surface area contributed by atoms with E-state index < -0.39 is 0 Å². The first kappa shape index (κ1) is 14.6. The number of hydrogen-bond donors (Lipinski definition) is 2. The van der Waals surface area contributed by atoms with Crippen LogP contribution in [0.15, 0.2) is 18.2 Å². The zero-order valence-electron chi connectivity index (χ0n) is 12.7. The van der Waals surface area contributed by atoms with Gasteiger partial charge in [-0.05, 0) is 48.8 Å². The van der Waals surface area contributed by atoms with Crippen molar-refractivity contribution in [1.82, 2.24) is 0 Å². The summed E-state index contributed by atoms with van der Waals surface area (Å²) in [5.74, 6) is 0.750. The lowest BCUT2D eigenvalue weighted by Gasteiger charge is -2.23. The van der Waals surface area contributed by atoms with Gasteiger partial charge in [-0.1, -0.05) is 37.8 Å². The van der Waals surface area contributed by atoms with Gasteiger partial charge in [-0.25, -0.2) is 0 Å². The van der Waals surface area contributed by atoms with Crippen molar-refractivity contribution in [2.24, 2.45) is 11.7 Å². The minimum absolute atomic E-state index is 0.134. The Morgan fingerprint density at radius 1 is 1.05 bits per heavy atom. The van der Waals surface area contributed by atoms with Crippen molar-refractivity contribution in [3.8, 4) is 0 Å². The van der Waals surface area contributed by atoms with Crippen LogP contribution in [0, 0.1) is 5.92 Å². The molecule has 3 heteroatoms. The molecule has 1 heterocycles. The number of anilines is 1. The molecule has 1 saturated carbocycles. The molecule has 1 amide bonds. The van der Waals surface area contributed by atoms with E-state index in [1.807, 2.05) is 6.07 Å². The molecule has 1 atom stereocenters. The van der Waals surface area contributed by atoms with Crippen LogP contribution in [0.4, 0.5) is 5.69 Å². The molecule has 1 aliphatic carbocycles. The molecule has 1 fully saturated rings. The van der Waals surface area contributed by atoms with E-state index in [2.05, 4.69) is 17.4 Å². The second kappa shape index (κ2) is 6.61. The van der Waals surface area contributed by atoms with Gasteiger partial charge in [0.25, 0.3) is 0 Å². The molecule has 1 aromatic rings. The second-order valence-electron chi connectivity index (χ2n) is 6.60. The monoisotopic (exact) mass is 286 g/mol. The largest absolute Gasteiger partial charge is 0.326 e. The standard InChI is InChI=1S/C18H26N2O/c19-18(13-6-3-1-2-4-7-13)15-10-11-16-14(12-15)8-5-9-17(21)20-16/h10-13,18H,1-9,19H2,(H,20,21). The Bertz CT molecular complexity index is 504. The lowest BCUT2D eigenvalue weighted by atomic mass is 9.87. The minimum Gasteiger partial charge on any atom is -0.326 e. The summed E-state index contributed by atoms with van der Waals surface area (Å²) in [6.07, 6.45) is 10.4. The predicted octanol–water partition coefficient (Wildman–Crippen LogP) is 3.93. The summed E-state index contributed by atoms with van der Waals surface area (Å²) in [5.41, 5.74) is 10.0. The molecule has 2 aliphatic rings. The summed E-state index contributed by atoms with van der Waals surface area (Å²) >= 11 is 0. The lowest BCUT2D eigenvalue weighted by molar-refractivity contribution is -0.116. The predicted molar refractivity (Wildman–Crippen MR) is 86.1 cm³/mol. The van der Waals surface area contributed by atoms with E-state index in [0.29, 0.717) is 12.3 Å². The summed E-state index contributed by atoms with van der Waals surface area (Å²) < 4.78 is 0. The number of hydrogen-bond acceptors (Lipinski definition) is 2. The Labute approximate surface area is 127 Å². The highest BCUT2D eigenvalue weighted by molar-refractivity contribution is 5.92. The summed E-state index contributed by atoms with van der Waals surface area (Å²) in [4.78, 5) is 11.6. The quantitative estimate of drug-likeness (QED) is 0.809. The molecule has 0 aromatic heterocycles. The highest BCUT2D eigenvalue weighted by Crippen LogP contribution is 2.34. The van der Waals surface area contributed by atoms with Crippen LogP contribution in [0.25, 0.3) is 0 Å². The average molecular weight is 286 g/mol. The fourth-order valence-electron chi connectivity index (χ4n) is 3.74. The van der Waals surface area contributed by atoms with Gasteiger partial charge in [0.1, 0.15) is 0 Å². The Kier molecular flexibility index (Phi) is 4.59. The molecule has 0 radical (unpaired) electrons. The number of nitrogens with two attached hydrogens (primary N) is 1. The van der Waals surface area contributed by atoms with Gasteiger partial charge >= 0.3 is 0 Å². The molecular formula is C18H26N2O. The van der Waals surface area contributed by atoms with Gasteiger partial charge < -0.3 is 11.1 Å². The van der Waals surface area contributed by atoms with Gasteiger partial charge in [-0.2, -0.15) is 0 Å². The molecular weight excluding hydrogens is 260 g/mol. The van der Waals surface area contributed by atoms with Crippen LogP contribution in [0.1, 0.15) is 68.5 Å². The molecule has 0 spiro atoms. The molecule has 21 heavy (non-hydrogen) atoms. The van der Waals surface area contributed by atoms with Crippen LogP contribution in [-0.2, 0) is 11.2 Å². The fourth-order valence-corrected chi connectivity index (χ4v) is 3.74. The van der Waals surface area contributed by atoms with Gasteiger partial charge in [0.05, 0.1) is 0 Å². The number of rotatable bonds is 2. The third kappa shape index (κ3) is 3.46. The molecule has 0 saturated heterocycles. The number of amides is 1. The third-order valence-corrected chi connectivity index (χ3v) is 5.05. The Hall–Kier alpha value is -1.35. The number of carbonyl (C=O) groups excluding carboxylic acids is 1. The highest BCUT2D eigenvalue weighted by Gasteiger charge is 2.22. The van der Waals surface area contributed by atoms with E-state index in [-0.39, 0.29) is 11.9 Å². The number of fused-ring (bicyclic) bond motifs is 1. The van der Waals surface area contributed by atoms with E-state index in [9.17, 15) is 4.79 Å². The summed E-state index contributed by atoms with van der Waals surface area (Å²) in [7, 11) is 0. The summed E-state index contributed by atoms with van der Waals surface area (Å²) in [5, 5.41) is 3.00. The van der Waals surface area contributed by atoms with Crippen molar-refractivity contribution in [2.75, 3.05) is 5.32 Å². The first-order valence-corrected chi connectivity index (χ1v) is 8.42. The molecule has 1 aliphatic heterocycles. The highest BCUT2D eigenvalue weighted by atomic mass is 16.1. The molecule has 3 nitrogen and oxygen atoms in total. The molecule has 3 rings (SSSR count). The first-order chi connectivity index (χ1) is 10.2. The maximum Gasteiger partial charge on any atom is 0.224 e. The topological polar surface area (TPSA) is 55.1 Å². The zero-order valence-corrected chi connectivity index (χ0v) is 12.7. The summed E-state index contributed by atoms with van der Waals surface area (Å²) in [6, 6.07) is 6.54. The van der Waals surface area contributed by atoms with E-state index in [4.69, 9.17) is 5.73 Å². The van der Waals surface area contributed by atoms with Gasteiger partial charge in [0.15, 0.2) is 0 Å². The van der Waals surface area contributed by atoms with Gasteiger partial charge in [0.2, 0.25) is 5.91 Å². The van der Waals surface area contributed by atoms with Crippen molar-refractivity contribution < 1.29 is 4.79 Å². The smallest absolute Gasteiger partial charge is 0.224 e. The molecule has 1 aromatic carbocycles. The summed E-state index contributed by atoms with van der Waals surface area (Å²) in [6.45, 7) is 0. The normalized spacial score (nSPS) is 21.9.